The van der Waals surface area contributed by atoms with E-state index in [2.05, 4.69) is 10.2 Å². The molecule has 0 N–H and O–H groups in total. The van der Waals surface area contributed by atoms with Gasteiger partial charge in [0.2, 0.25) is 0 Å². The van der Waals surface area contributed by atoms with Crippen LogP contribution in [0.4, 0.5) is 30.2 Å². The van der Waals surface area contributed by atoms with E-state index in [0.29, 0.717) is 0 Å². The predicted octanol–water partition coefficient (Wildman–Crippen LogP) is 5.34. The van der Waals surface area contributed by atoms with Crippen molar-refractivity contribution >= 4 is 17.1 Å². The highest BCUT2D eigenvalue weighted by atomic mass is 19.4. The number of nitro groups is 1. The maximum Gasteiger partial charge on any atom is 0.416 e. The SMILES string of the molecule is Cc1ccc([N+](=O)[O-])c(N=Nc2cccc(C(F)(F)F)c2)c1. The van der Waals surface area contributed by atoms with Gasteiger partial charge in [-0.1, -0.05) is 12.1 Å². The van der Waals surface area contributed by atoms with Crippen LogP contribution in [0.3, 0.4) is 0 Å². The fourth-order valence-corrected chi connectivity index (χ4v) is 1.72. The third kappa shape index (κ3) is 3.66. The first-order valence-electron chi connectivity index (χ1n) is 6.11. The molecule has 0 atom stereocenters. The monoisotopic (exact) mass is 309 g/mol. The summed E-state index contributed by atoms with van der Waals surface area (Å²) in [4.78, 5) is 10.3. The highest BCUT2D eigenvalue weighted by Gasteiger charge is 2.30. The fraction of sp³-hybridized carbons (Fsp3) is 0.143. The molecule has 0 saturated carbocycles. The average Bonchev–Trinajstić information content (AvgIpc) is 2.44. The van der Waals surface area contributed by atoms with Gasteiger partial charge in [-0.15, -0.1) is 5.11 Å². The highest BCUT2D eigenvalue weighted by Crippen LogP contribution is 2.33. The van der Waals surface area contributed by atoms with Crippen LogP contribution in [-0.4, -0.2) is 4.92 Å². The number of alkyl halides is 3. The van der Waals surface area contributed by atoms with Crippen LogP contribution in [0.15, 0.2) is 52.7 Å². The van der Waals surface area contributed by atoms with Crippen molar-refractivity contribution in [1.29, 1.82) is 0 Å². The Morgan fingerprint density at radius 2 is 1.82 bits per heavy atom. The van der Waals surface area contributed by atoms with Crippen LogP contribution < -0.4 is 0 Å². The van der Waals surface area contributed by atoms with Crippen LogP contribution in [0.1, 0.15) is 11.1 Å². The number of aryl methyl sites for hydroxylation is 1. The average molecular weight is 309 g/mol. The van der Waals surface area contributed by atoms with E-state index in [1.54, 1.807) is 13.0 Å². The molecule has 0 fully saturated rings. The van der Waals surface area contributed by atoms with Gasteiger partial charge in [-0.25, -0.2) is 0 Å². The minimum Gasteiger partial charge on any atom is -0.258 e. The summed E-state index contributed by atoms with van der Waals surface area (Å²) in [6.07, 6.45) is -4.49. The number of hydrogen-bond acceptors (Lipinski definition) is 4. The van der Waals surface area contributed by atoms with Crippen LogP contribution in [0.5, 0.6) is 0 Å². The molecule has 0 unspecified atom stereocenters. The zero-order valence-electron chi connectivity index (χ0n) is 11.3. The zero-order valence-corrected chi connectivity index (χ0v) is 11.3. The molecule has 0 radical (unpaired) electrons. The molecule has 114 valence electrons. The summed E-state index contributed by atoms with van der Waals surface area (Å²) < 4.78 is 37.8. The lowest BCUT2D eigenvalue weighted by molar-refractivity contribution is -0.384. The van der Waals surface area contributed by atoms with E-state index in [9.17, 15) is 23.3 Å². The van der Waals surface area contributed by atoms with Crippen LogP contribution in [0.2, 0.25) is 0 Å². The summed E-state index contributed by atoms with van der Waals surface area (Å²) in [5.74, 6) is 0. The second kappa shape index (κ2) is 5.92. The second-order valence-corrected chi connectivity index (χ2v) is 4.50. The molecule has 2 aromatic carbocycles. The lowest BCUT2D eigenvalue weighted by Crippen LogP contribution is -2.03. The third-order valence-electron chi connectivity index (χ3n) is 2.77. The smallest absolute Gasteiger partial charge is 0.258 e. The van der Waals surface area contributed by atoms with E-state index in [1.807, 2.05) is 0 Å². The Labute approximate surface area is 123 Å². The second-order valence-electron chi connectivity index (χ2n) is 4.50. The molecule has 0 aliphatic carbocycles. The zero-order chi connectivity index (χ0) is 16.3. The minimum atomic E-state index is -4.49. The first kappa shape index (κ1) is 15.6. The molecule has 0 amide bonds. The Morgan fingerprint density at radius 1 is 1.09 bits per heavy atom. The third-order valence-corrected chi connectivity index (χ3v) is 2.77. The van der Waals surface area contributed by atoms with Gasteiger partial charge in [0.1, 0.15) is 0 Å². The summed E-state index contributed by atoms with van der Waals surface area (Å²) in [6.45, 7) is 1.72. The van der Waals surface area contributed by atoms with E-state index in [4.69, 9.17) is 0 Å². The lowest BCUT2D eigenvalue weighted by Gasteiger charge is -2.06. The molecule has 0 spiro atoms. The van der Waals surface area contributed by atoms with Gasteiger partial charge in [0, 0.05) is 6.07 Å². The molecule has 0 aliphatic heterocycles. The molecule has 0 aliphatic rings. The molecule has 0 saturated heterocycles. The molecule has 8 heteroatoms. The topological polar surface area (TPSA) is 67.9 Å². The minimum absolute atomic E-state index is 0.0117. The molecule has 0 aromatic heterocycles. The molecular weight excluding hydrogens is 299 g/mol. The van der Waals surface area contributed by atoms with Crippen molar-refractivity contribution in [3.63, 3.8) is 0 Å². The van der Waals surface area contributed by atoms with Crippen molar-refractivity contribution in [2.24, 2.45) is 10.2 Å². The van der Waals surface area contributed by atoms with Gasteiger partial charge in [0.15, 0.2) is 5.69 Å². The van der Waals surface area contributed by atoms with E-state index >= 15 is 0 Å². The van der Waals surface area contributed by atoms with Crippen molar-refractivity contribution in [1.82, 2.24) is 0 Å². The van der Waals surface area contributed by atoms with Crippen molar-refractivity contribution in [2.75, 3.05) is 0 Å². The maximum absolute atomic E-state index is 12.6. The standard InChI is InChI=1S/C14H10F3N3O2/c1-9-5-6-13(20(21)22)12(7-9)19-18-11-4-2-3-10(8-11)14(15,16)17/h2-8H,1H3. The predicted molar refractivity (Wildman–Crippen MR) is 73.5 cm³/mol. The fourth-order valence-electron chi connectivity index (χ4n) is 1.72. The summed E-state index contributed by atoms with van der Waals surface area (Å²) in [7, 11) is 0. The van der Waals surface area contributed by atoms with Crippen LogP contribution in [0, 0.1) is 17.0 Å². The number of azo groups is 1. The van der Waals surface area contributed by atoms with Gasteiger partial charge < -0.3 is 0 Å². The molecular formula is C14H10F3N3O2. The number of halogens is 3. The molecule has 0 heterocycles. The Balaban J connectivity index is 2.37. The molecule has 2 rings (SSSR count). The lowest BCUT2D eigenvalue weighted by atomic mass is 10.2. The van der Waals surface area contributed by atoms with E-state index in [0.717, 1.165) is 17.7 Å². The normalized spacial score (nSPS) is 11.8. The number of nitrogens with zero attached hydrogens (tertiary/aromatic N) is 3. The van der Waals surface area contributed by atoms with Crippen molar-refractivity contribution < 1.29 is 18.1 Å². The Morgan fingerprint density at radius 3 is 2.45 bits per heavy atom. The van der Waals surface area contributed by atoms with E-state index in [-0.39, 0.29) is 17.1 Å². The quantitative estimate of drug-likeness (QED) is 0.436. The van der Waals surface area contributed by atoms with Crippen molar-refractivity contribution in [2.45, 2.75) is 13.1 Å². The Hall–Kier alpha value is -2.77. The summed E-state index contributed by atoms with van der Waals surface area (Å²) >= 11 is 0. The first-order chi connectivity index (χ1) is 10.3. The first-order valence-corrected chi connectivity index (χ1v) is 6.11. The number of nitro benzene ring substituents is 1. The van der Waals surface area contributed by atoms with E-state index in [1.165, 1.54) is 24.3 Å². The van der Waals surface area contributed by atoms with Crippen LogP contribution in [-0.2, 0) is 6.18 Å². The summed E-state index contributed by atoms with van der Waals surface area (Å²) in [5, 5.41) is 18.2. The molecule has 0 bridgehead atoms. The van der Waals surface area contributed by atoms with Gasteiger partial charge in [-0.3, -0.25) is 10.1 Å². The van der Waals surface area contributed by atoms with Crippen LogP contribution in [0.25, 0.3) is 0 Å². The molecule has 5 nitrogen and oxygen atoms in total. The van der Waals surface area contributed by atoms with Gasteiger partial charge in [-0.2, -0.15) is 18.3 Å². The highest BCUT2D eigenvalue weighted by molar-refractivity contribution is 5.58. The summed E-state index contributed by atoms with van der Waals surface area (Å²) in [5.41, 5.74) is -0.444. The van der Waals surface area contributed by atoms with Crippen molar-refractivity contribution in [3.05, 3.63) is 63.7 Å². The maximum atomic E-state index is 12.6. The molecule has 2 aromatic rings. The molecule has 22 heavy (non-hydrogen) atoms. The van der Waals surface area contributed by atoms with Crippen LogP contribution >= 0.6 is 0 Å². The number of hydrogen-bond donors (Lipinski definition) is 0. The van der Waals surface area contributed by atoms with Gasteiger partial charge in [-0.05, 0) is 36.8 Å². The summed E-state index contributed by atoms with van der Waals surface area (Å²) in [6, 6.07) is 8.52. The van der Waals surface area contributed by atoms with Gasteiger partial charge >= 0.3 is 6.18 Å². The number of benzene rings is 2. The van der Waals surface area contributed by atoms with Gasteiger partial charge in [0.25, 0.3) is 5.69 Å². The Kier molecular flexibility index (Phi) is 4.20. The van der Waals surface area contributed by atoms with Gasteiger partial charge in [0.05, 0.1) is 16.2 Å². The Bertz CT molecular complexity index is 742. The number of rotatable bonds is 3. The van der Waals surface area contributed by atoms with E-state index < -0.39 is 16.7 Å². The van der Waals surface area contributed by atoms with Crippen molar-refractivity contribution in [3.8, 4) is 0 Å². The largest absolute Gasteiger partial charge is 0.416 e.